The van der Waals surface area contributed by atoms with E-state index >= 15 is 0 Å². The van der Waals surface area contributed by atoms with Crippen molar-refractivity contribution in [2.24, 2.45) is 0 Å². The summed E-state index contributed by atoms with van der Waals surface area (Å²) in [6.07, 6.45) is 0.416. The van der Waals surface area contributed by atoms with Crippen molar-refractivity contribution in [2.45, 2.75) is 25.6 Å². The number of alkyl halides is 1. The van der Waals surface area contributed by atoms with E-state index in [-0.39, 0.29) is 17.3 Å². The Kier molecular flexibility index (Phi) is 5.09. The number of piperidine rings is 1. The van der Waals surface area contributed by atoms with Gasteiger partial charge in [0.2, 0.25) is 0 Å². The molecule has 0 radical (unpaired) electrons. The molecular formula is C15H16BrFN4O3S. The Morgan fingerprint density at radius 2 is 2.32 bits per heavy atom. The molecule has 0 unspecified atom stereocenters. The van der Waals surface area contributed by atoms with E-state index in [9.17, 15) is 14.0 Å². The van der Waals surface area contributed by atoms with E-state index in [1.807, 2.05) is 6.92 Å². The number of anilines is 1. The van der Waals surface area contributed by atoms with E-state index < -0.39 is 18.2 Å². The van der Waals surface area contributed by atoms with Gasteiger partial charge in [-0.2, -0.15) is 0 Å². The molecular weight excluding hydrogens is 415 g/mol. The number of aromatic nitrogens is 2. The van der Waals surface area contributed by atoms with Crippen LogP contribution in [0.5, 0.6) is 0 Å². The second-order valence-corrected chi connectivity index (χ2v) is 7.66. The first-order chi connectivity index (χ1) is 11.8. The third-order valence-corrected chi connectivity index (χ3v) is 5.90. The van der Waals surface area contributed by atoms with Crippen LogP contribution < -0.4 is 10.2 Å². The molecule has 3 heterocycles. The molecule has 2 atom stereocenters. The van der Waals surface area contributed by atoms with Crippen molar-refractivity contribution in [3.8, 4) is 0 Å². The molecule has 0 spiro atoms. The van der Waals surface area contributed by atoms with Gasteiger partial charge < -0.3 is 20.3 Å². The zero-order valence-electron chi connectivity index (χ0n) is 13.3. The Balaban J connectivity index is 1.61. The smallest absolute Gasteiger partial charge is 0.347 e. The van der Waals surface area contributed by atoms with Gasteiger partial charge in [-0.3, -0.25) is 4.79 Å². The number of thiazole rings is 1. The summed E-state index contributed by atoms with van der Waals surface area (Å²) in [6, 6.07) is 1.07. The molecule has 2 aromatic rings. The first-order valence-electron chi connectivity index (χ1n) is 7.59. The average molecular weight is 431 g/mol. The lowest BCUT2D eigenvalue weighted by Crippen LogP contribution is -2.52. The molecule has 3 rings (SSSR count). The van der Waals surface area contributed by atoms with E-state index in [4.69, 9.17) is 5.11 Å². The Labute approximate surface area is 155 Å². The number of aryl methyl sites for hydroxylation is 1. The number of carbonyl (C=O) groups is 2. The number of hydrogen-bond acceptors (Lipinski definition) is 5. The first kappa shape index (κ1) is 17.9. The van der Waals surface area contributed by atoms with Crippen molar-refractivity contribution in [2.75, 3.05) is 18.0 Å². The number of rotatable bonds is 4. The number of carboxylic acid groups (broad SMARTS) is 1. The fraction of sp³-hybridized carbons (Fsp3) is 0.400. The van der Waals surface area contributed by atoms with Crippen molar-refractivity contribution < 1.29 is 19.1 Å². The van der Waals surface area contributed by atoms with Crippen LogP contribution in [0.3, 0.4) is 0 Å². The van der Waals surface area contributed by atoms with Gasteiger partial charge >= 0.3 is 5.97 Å². The molecule has 0 aliphatic carbocycles. The van der Waals surface area contributed by atoms with Crippen molar-refractivity contribution in [3.05, 3.63) is 33.0 Å². The van der Waals surface area contributed by atoms with Crippen LogP contribution in [0, 0.1) is 6.92 Å². The Hall–Kier alpha value is -1.94. The third kappa shape index (κ3) is 3.84. The van der Waals surface area contributed by atoms with Crippen LogP contribution in [0.1, 0.15) is 32.3 Å². The predicted octanol–water partition coefficient (Wildman–Crippen LogP) is 2.59. The number of aromatic carboxylic acids is 1. The molecule has 7 nitrogen and oxygen atoms in total. The van der Waals surface area contributed by atoms with Crippen LogP contribution in [0.4, 0.5) is 9.52 Å². The minimum absolute atomic E-state index is 0.0605. The second-order valence-electron chi connectivity index (χ2n) is 5.80. The van der Waals surface area contributed by atoms with Gasteiger partial charge in [0.15, 0.2) is 5.13 Å². The number of hydrogen-bond donors (Lipinski definition) is 3. The van der Waals surface area contributed by atoms with Crippen molar-refractivity contribution in [1.29, 1.82) is 0 Å². The number of nitrogens with one attached hydrogen (secondary N) is 2. The molecule has 0 saturated carbocycles. The molecule has 1 saturated heterocycles. The van der Waals surface area contributed by atoms with Crippen molar-refractivity contribution >= 4 is 44.3 Å². The van der Waals surface area contributed by atoms with Crippen LogP contribution in [0.15, 0.2) is 16.7 Å². The molecule has 25 heavy (non-hydrogen) atoms. The lowest BCUT2D eigenvalue weighted by molar-refractivity contribution is 0.0701. The fourth-order valence-corrected chi connectivity index (χ4v) is 3.77. The normalized spacial score (nSPS) is 20.5. The topological polar surface area (TPSA) is 98.3 Å². The van der Waals surface area contributed by atoms with Crippen molar-refractivity contribution in [1.82, 2.24) is 15.3 Å². The maximum Gasteiger partial charge on any atom is 0.347 e. The Bertz CT molecular complexity index is 789. The van der Waals surface area contributed by atoms with Crippen LogP contribution in [-0.4, -0.2) is 52.3 Å². The summed E-state index contributed by atoms with van der Waals surface area (Å²) in [4.78, 5) is 32.0. The van der Waals surface area contributed by atoms with Crippen LogP contribution >= 0.6 is 27.3 Å². The van der Waals surface area contributed by atoms with Gasteiger partial charge in [-0.1, -0.05) is 11.3 Å². The monoisotopic (exact) mass is 430 g/mol. The van der Waals surface area contributed by atoms with Gasteiger partial charge in [0.05, 0.1) is 18.8 Å². The van der Waals surface area contributed by atoms with Crippen LogP contribution in [0.2, 0.25) is 0 Å². The zero-order valence-corrected chi connectivity index (χ0v) is 15.7. The minimum atomic E-state index is -1.27. The lowest BCUT2D eigenvalue weighted by Gasteiger charge is -2.34. The molecule has 1 aliphatic heterocycles. The van der Waals surface area contributed by atoms with Gasteiger partial charge in [0.1, 0.15) is 16.7 Å². The standard InChI is InChI=1S/C15H16BrFN4O3S/c1-7-8(16)4-11(19-7)13(22)20-10-2-3-21(6-9(10)17)15-18-5-12(25-15)14(23)24/h4-5,9-10,19H,2-3,6H2,1H3,(H,20,22)(H,23,24)/t9-,10+/m0/s1. The summed E-state index contributed by atoms with van der Waals surface area (Å²) in [7, 11) is 0. The van der Waals surface area contributed by atoms with E-state index in [2.05, 4.69) is 31.2 Å². The highest BCUT2D eigenvalue weighted by atomic mass is 79.9. The maximum atomic E-state index is 14.5. The highest BCUT2D eigenvalue weighted by molar-refractivity contribution is 9.10. The summed E-state index contributed by atoms with van der Waals surface area (Å²) in [6.45, 7) is 2.38. The number of carboxylic acids is 1. The summed E-state index contributed by atoms with van der Waals surface area (Å²) in [5.41, 5.74) is 1.21. The molecule has 1 aliphatic rings. The lowest BCUT2D eigenvalue weighted by atomic mass is 10.0. The number of halogens is 2. The largest absolute Gasteiger partial charge is 0.477 e. The fourth-order valence-electron chi connectivity index (χ4n) is 2.65. The Morgan fingerprint density at radius 1 is 1.56 bits per heavy atom. The molecule has 10 heteroatoms. The van der Waals surface area contributed by atoms with Crippen LogP contribution in [-0.2, 0) is 0 Å². The number of aromatic amines is 1. The van der Waals surface area contributed by atoms with Crippen LogP contribution in [0.25, 0.3) is 0 Å². The molecule has 1 fully saturated rings. The zero-order chi connectivity index (χ0) is 18.1. The molecule has 0 aromatic carbocycles. The molecule has 2 aromatic heterocycles. The van der Waals surface area contributed by atoms with E-state index in [1.165, 1.54) is 6.20 Å². The second kappa shape index (κ2) is 7.12. The number of carbonyl (C=O) groups excluding carboxylic acids is 1. The van der Waals surface area contributed by atoms with E-state index in [0.29, 0.717) is 23.8 Å². The van der Waals surface area contributed by atoms with E-state index in [0.717, 1.165) is 21.5 Å². The van der Waals surface area contributed by atoms with Gasteiger partial charge in [-0.15, -0.1) is 0 Å². The minimum Gasteiger partial charge on any atom is -0.477 e. The van der Waals surface area contributed by atoms with Gasteiger partial charge in [-0.05, 0) is 35.3 Å². The predicted molar refractivity (Wildman–Crippen MR) is 95.3 cm³/mol. The summed E-state index contributed by atoms with van der Waals surface area (Å²) >= 11 is 4.34. The number of amides is 1. The first-order valence-corrected chi connectivity index (χ1v) is 9.20. The SMILES string of the molecule is Cc1[nH]c(C(=O)N[C@@H]2CCN(c3ncc(C(=O)O)s3)C[C@@H]2F)cc1Br. The van der Waals surface area contributed by atoms with Gasteiger partial charge in [-0.25, -0.2) is 14.2 Å². The number of nitrogens with zero attached hydrogens (tertiary/aromatic N) is 2. The van der Waals surface area contributed by atoms with Crippen molar-refractivity contribution in [3.63, 3.8) is 0 Å². The summed E-state index contributed by atoms with van der Waals surface area (Å²) in [5, 5.41) is 12.1. The highest BCUT2D eigenvalue weighted by Crippen LogP contribution is 2.27. The molecule has 3 N–H and O–H groups in total. The number of H-pyrrole nitrogens is 1. The third-order valence-electron chi connectivity index (χ3n) is 4.03. The molecule has 1 amide bonds. The average Bonchev–Trinajstić information content (AvgIpc) is 3.17. The van der Waals surface area contributed by atoms with E-state index in [1.54, 1.807) is 11.0 Å². The molecule has 134 valence electrons. The summed E-state index contributed by atoms with van der Waals surface area (Å²) < 4.78 is 15.3. The Morgan fingerprint density at radius 3 is 2.88 bits per heavy atom. The highest BCUT2D eigenvalue weighted by Gasteiger charge is 2.32. The van der Waals surface area contributed by atoms with Gasteiger partial charge in [0, 0.05) is 16.7 Å². The molecule has 0 bridgehead atoms. The summed E-state index contributed by atoms with van der Waals surface area (Å²) in [5.74, 6) is -1.40. The van der Waals surface area contributed by atoms with Gasteiger partial charge in [0.25, 0.3) is 5.91 Å². The maximum absolute atomic E-state index is 14.5. The quantitative estimate of drug-likeness (QED) is 0.692.